The minimum absolute atomic E-state index is 0.133. The van der Waals surface area contributed by atoms with Gasteiger partial charge in [0.15, 0.2) is 17.3 Å². The van der Waals surface area contributed by atoms with Gasteiger partial charge in [-0.3, -0.25) is 4.79 Å². The summed E-state index contributed by atoms with van der Waals surface area (Å²) in [5.41, 5.74) is 3.44. The van der Waals surface area contributed by atoms with Crippen LogP contribution in [0.25, 0.3) is 5.82 Å². The van der Waals surface area contributed by atoms with Gasteiger partial charge in [-0.25, -0.2) is 4.98 Å². The topological polar surface area (TPSA) is 90.1 Å². The molecule has 8 heteroatoms. The highest BCUT2D eigenvalue weighted by Crippen LogP contribution is 2.23. The fourth-order valence-electron chi connectivity index (χ4n) is 3.21. The van der Waals surface area contributed by atoms with Crippen LogP contribution in [0.1, 0.15) is 40.3 Å². The van der Waals surface area contributed by atoms with E-state index in [-0.39, 0.29) is 18.3 Å². The largest absolute Gasteiger partial charge is 0.491 e. The number of hydrogen-bond acceptors (Lipinski definition) is 6. The van der Waals surface area contributed by atoms with Crippen LogP contribution in [-0.4, -0.2) is 37.9 Å². The molecule has 3 aromatic rings. The summed E-state index contributed by atoms with van der Waals surface area (Å²) < 4.78 is 6.94. The molecule has 1 atom stereocenters. The molecule has 0 radical (unpaired) electrons. The highest BCUT2D eigenvalue weighted by molar-refractivity contribution is 6.61. The monoisotopic (exact) mass is 348 g/mol. The SMILES string of the molecule is Cc1c(C(=O)Cc2ccc3c(c2)B(O)OC3C)nnn1-c1ccccn1. The third-order valence-electron chi connectivity index (χ3n) is 4.58. The van der Waals surface area contributed by atoms with Gasteiger partial charge in [0.05, 0.1) is 11.8 Å². The van der Waals surface area contributed by atoms with Crippen LogP contribution in [-0.2, 0) is 11.1 Å². The van der Waals surface area contributed by atoms with E-state index >= 15 is 0 Å². The number of fused-ring (bicyclic) bond motifs is 1. The lowest BCUT2D eigenvalue weighted by atomic mass is 9.78. The molecule has 1 aromatic carbocycles. The van der Waals surface area contributed by atoms with E-state index in [1.54, 1.807) is 23.9 Å². The number of ketones is 1. The summed E-state index contributed by atoms with van der Waals surface area (Å²) in [4.78, 5) is 16.9. The summed E-state index contributed by atoms with van der Waals surface area (Å²) in [7, 11) is -0.943. The second kappa shape index (κ2) is 6.47. The fraction of sp³-hybridized carbons (Fsp3) is 0.222. The Morgan fingerprint density at radius 3 is 2.96 bits per heavy atom. The Labute approximate surface area is 150 Å². The molecule has 1 aliphatic heterocycles. The lowest BCUT2D eigenvalue weighted by Crippen LogP contribution is -2.28. The Kier molecular flexibility index (Phi) is 4.14. The number of aromatic nitrogens is 4. The van der Waals surface area contributed by atoms with Gasteiger partial charge in [-0.1, -0.05) is 29.5 Å². The molecule has 0 saturated heterocycles. The average Bonchev–Trinajstić information content (AvgIpc) is 3.16. The van der Waals surface area contributed by atoms with E-state index in [1.165, 1.54) is 0 Å². The van der Waals surface area contributed by atoms with Crippen molar-refractivity contribution in [3.63, 3.8) is 0 Å². The number of carbonyl (C=O) groups is 1. The Hall–Kier alpha value is -2.84. The molecule has 7 nitrogen and oxygen atoms in total. The molecule has 1 aliphatic rings. The van der Waals surface area contributed by atoms with Gasteiger partial charge in [-0.05, 0) is 42.6 Å². The minimum atomic E-state index is -0.943. The van der Waals surface area contributed by atoms with E-state index in [0.717, 1.165) is 16.6 Å². The van der Waals surface area contributed by atoms with Crippen molar-refractivity contribution >= 4 is 18.4 Å². The highest BCUT2D eigenvalue weighted by atomic mass is 16.5. The minimum Gasteiger partial charge on any atom is -0.423 e. The zero-order valence-corrected chi connectivity index (χ0v) is 14.5. The average molecular weight is 348 g/mol. The van der Waals surface area contributed by atoms with Crippen molar-refractivity contribution < 1.29 is 14.5 Å². The first-order valence-electron chi connectivity index (χ1n) is 8.37. The Morgan fingerprint density at radius 2 is 2.19 bits per heavy atom. The first-order chi connectivity index (χ1) is 12.5. The van der Waals surface area contributed by atoms with Gasteiger partial charge < -0.3 is 9.68 Å². The van der Waals surface area contributed by atoms with E-state index in [1.807, 2.05) is 37.3 Å². The smallest absolute Gasteiger partial charge is 0.423 e. The van der Waals surface area contributed by atoms with Crippen molar-refractivity contribution in [3.05, 3.63) is 65.1 Å². The predicted molar refractivity (Wildman–Crippen MR) is 95.5 cm³/mol. The van der Waals surface area contributed by atoms with Gasteiger partial charge >= 0.3 is 7.12 Å². The Balaban J connectivity index is 1.58. The molecule has 0 bridgehead atoms. The molecular weight excluding hydrogens is 331 g/mol. The standard InChI is InChI=1S/C18H17BN4O3/c1-11-18(21-22-23(11)17-5-3-4-8-20-17)16(24)10-13-6-7-14-12(2)26-19(25)15(14)9-13/h3-9,12,25H,10H2,1-2H3. The number of rotatable bonds is 4. The Morgan fingerprint density at radius 1 is 1.35 bits per heavy atom. The summed E-state index contributed by atoms with van der Waals surface area (Å²) in [6, 6.07) is 11.1. The molecule has 0 saturated carbocycles. The number of nitrogens with zero attached hydrogens (tertiary/aromatic N) is 4. The highest BCUT2D eigenvalue weighted by Gasteiger charge is 2.32. The van der Waals surface area contributed by atoms with Crippen molar-refractivity contribution in [1.82, 2.24) is 20.0 Å². The van der Waals surface area contributed by atoms with Crippen LogP contribution in [0.5, 0.6) is 0 Å². The van der Waals surface area contributed by atoms with Gasteiger partial charge in [0, 0.05) is 12.6 Å². The second-order valence-electron chi connectivity index (χ2n) is 6.32. The van der Waals surface area contributed by atoms with Gasteiger partial charge in [-0.15, -0.1) is 5.10 Å². The van der Waals surface area contributed by atoms with E-state index in [0.29, 0.717) is 17.2 Å². The van der Waals surface area contributed by atoms with Crippen LogP contribution in [0.3, 0.4) is 0 Å². The molecule has 0 fully saturated rings. The molecular formula is C18H17BN4O3. The van der Waals surface area contributed by atoms with E-state index in [9.17, 15) is 9.82 Å². The number of pyridine rings is 1. The molecule has 26 heavy (non-hydrogen) atoms. The van der Waals surface area contributed by atoms with Crippen molar-refractivity contribution in [3.8, 4) is 5.82 Å². The first kappa shape index (κ1) is 16.6. The van der Waals surface area contributed by atoms with Crippen LogP contribution in [0.15, 0.2) is 42.6 Å². The molecule has 1 N–H and O–H groups in total. The van der Waals surface area contributed by atoms with Gasteiger partial charge in [0.25, 0.3) is 0 Å². The van der Waals surface area contributed by atoms with Crippen LogP contribution in [0.2, 0.25) is 0 Å². The summed E-state index contributed by atoms with van der Waals surface area (Å²) in [5, 5.41) is 18.0. The molecule has 130 valence electrons. The van der Waals surface area contributed by atoms with Crippen LogP contribution in [0, 0.1) is 6.92 Å². The lowest BCUT2D eigenvalue weighted by Gasteiger charge is -2.06. The quantitative estimate of drug-likeness (QED) is 0.562. The number of benzene rings is 1. The first-order valence-corrected chi connectivity index (χ1v) is 8.37. The van der Waals surface area contributed by atoms with E-state index in [2.05, 4.69) is 15.3 Å². The van der Waals surface area contributed by atoms with E-state index in [4.69, 9.17) is 4.65 Å². The van der Waals surface area contributed by atoms with Crippen LogP contribution in [0.4, 0.5) is 0 Å². The summed E-state index contributed by atoms with van der Waals surface area (Å²) in [6.07, 6.45) is 1.69. The maximum Gasteiger partial charge on any atom is 0.491 e. The summed E-state index contributed by atoms with van der Waals surface area (Å²) >= 11 is 0. The third kappa shape index (κ3) is 2.83. The molecule has 4 rings (SSSR count). The third-order valence-corrected chi connectivity index (χ3v) is 4.58. The van der Waals surface area contributed by atoms with Crippen LogP contribution < -0.4 is 5.46 Å². The van der Waals surface area contributed by atoms with Crippen LogP contribution >= 0.6 is 0 Å². The van der Waals surface area contributed by atoms with Gasteiger partial charge in [-0.2, -0.15) is 4.68 Å². The molecule has 3 heterocycles. The molecule has 0 amide bonds. The summed E-state index contributed by atoms with van der Waals surface area (Å²) in [6.45, 7) is 3.68. The number of Topliss-reactive ketones (excluding diaryl/α,β-unsaturated/α-hetero) is 1. The number of hydrogen-bond donors (Lipinski definition) is 1. The molecule has 0 aliphatic carbocycles. The van der Waals surface area contributed by atoms with E-state index < -0.39 is 7.12 Å². The van der Waals surface area contributed by atoms with Crippen molar-refractivity contribution in [2.45, 2.75) is 26.4 Å². The number of carbonyl (C=O) groups excluding carboxylic acids is 1. The Bertz CT molecular complexity index is 974. The fourth-order valence-corrected chi connectivity index (χ4v) is 3.21. The zero-order chi connectivity index (χ0) is 18.3. The van der Waals surface area contributed by atoms with Crippen molar-refractivity contribution in [2.24, 2.45) is 0 Å². The predicted octanol–water partition coefficient (Wildman–Crippen LogP) is 1.17. The molecule has 1 unspecified atom stereocenters. The molecule has 0 spiro atoms. The van der Waals surface area contributed by atoms with Crippen molar-refractivity contribution in [2.75, 3.05) is 0 Å². The lowest BCUT2D eigenvalue weighted by molar-refractivity contribution is 0.0987. The normalized spacial score (nSPS) is 16.0. The maximum atomic E-state index is 12.7. The van der Waals surface area contributed by atoms with Gasteiger partial charge in [0.1, 0.15) is 0 Å². The summed E-state index contributed by atoms with van der Waals surface area (Å²) in [5.74, 6) is 0.481. The maximum absolute atomic E-state index is 12.7. The second-order valence-corrected chi connectivity index (χ2v) is 6.32. The van der Waals surface area contributed by atoms with Gasteiger partial charge in [0.2, 0.25) is 0 Å². The zero-order valence-electron chi connectivity index (χ0n) is 14.5. The van der Waals surface area contributed by atoms with Crippen molar-refractivity contribution in [1.29, 1.82) is 0 Å². The molecule has 2 aromatic heterocycles.